The van der Waals surface area contributed by atoms with Crippen LogP contribution in [0.25, 0.3) is 0 Å². The van der Waals surface area contributed by atoms with Crippen LogP contribution >= 0.6 is 0 Å². The topological polar surface area (TPSA) is 61.7 Å². The summed E-state index contributed by atoms with van der Waals surface area (Å²) < 4.78 is 40.6. The third-order valence-electron chi connectivity index (χ3n) is 4.56. The zero-order valence-electron chi connectivity index (χ0n) is 15.1. The SMILES string of the molecule is Cc1nc(N2CCN(c3ccc(OC(F)(F)F)cc3)CC2)nc(C)c1CO. The highest BCUT2D eigenvalue weighted by atomic mass is 19.4. The fraction of sp³-hybridized carbons (Fsp3) is 0.444. The molecule has 6 nitrogen and oxygen atoms in total. The predicted octanol–water partition coefficient (Wildman–Crippen LogP) is 2.81. The molecule has 0 spiro atoms. The number of ether oxygens (including phenoxy) is 1. The normalized spacial score (nSPS) is 15.2. The molecule has 27 heavy (non-hydrogen) atoms. The van der Waals surface area contributed by atoms with E-state index < -0.39 is 6.36 Å². The number of anilines is 2. The third kappa shape index (κ3) is 4.60. The van der Waals surface area contributed by atoms with Crippen LogP contribution < -0.4 is 14.5 Å². The fourth-order valence-electron chi connectivity index (χ4n) is 3.12. The number of piperazine rings is 1. The number of hydrogen-bond acceptors (Lipinski definition) is 6. The Morgan fingerprint density at radius 2 is 1.48 bits per heavy atom. The number of halogens is 3. The van der Waals surface area contributed by atoms with Gasteiger partial charge in [-0.15, -0.1) is 13.2 Å². The van der Waals surface area contributed by atoms with E-state index in [1.165, 1.54) is 12.1 Å². The summed E-state index contributed by atoms with van der Waals surface area (Å²) in [6, 6.07) is 5.88. The number of aliphatic hydroxyl groups excluding tert-OH is 1. The van der Waals surface area contributed by atoms with Crippen LogP contribution in [0.2, 0.25) is 0 Å². The summed E-state index contributed by atoms with van der Waals surface area (Å²) in [5.74, 6) is 0.406. The molecular weight excluding hydrogens is 361 g/mol. The molecule has 9 heteroatoms. The van der Waals surface area contributed by atoms with E-state index in [0.29, 0.717) is 32.1 Å². The highest BCUT2D eigenvalue weighted by Crippen LogP contribution is 2.26. The van der Waals surface area contributed by atoms with Crippen LogP contribution in [-0.2, 0) is 6.61 Å². The largest absolute Gasteiger partial charge is 0.573 e. The molecule has 3 rings (SSSR count). The third-order valence-corrected chi connectivity index (χ3v) is 4.56. The summed E-state index contributed by atoms with van der Waals surface area (Å²) in [6.07, 6.45) is -4.69. The lowest BCUT2D eigenvalue weighted by Crippen LogP contribution is -2.47. The molecule has 1 N–H and O–H groups in total. The van der Waals surface area contributed by atoms with Crippen molar-refractivity contribution in [2.75, 3.05) is 36.0 Å². The number of hydrogen-bond donors (Lipinski definition) is 1. The van der Waals surface area contributed by atoms with E-state index >= 15 is 0 Å². The van der Waals surface area contributed by atoms with Gasteiger partial charge >= 0.3 is 6.36 Å². The minimum atomic E-state index is -4.69. The van der Waals surface area contributed by atoms with Crippen molar-refractivity contribution in [2.45, 2.75) is 26.8 Å². The van der Waals surface area contributed by atoms with Gasteiger partial charge in [0.1, 0.15) is 5.75 Å². The molecule has 0 bridgehead atoms. The van der Waals surface area contributed by atoms with Gasteiger partial charge in [-0.1, -0.05) is 0 Å². The maximum atomic E-state index is 12.2. The Morgan fingerprint density at radius 1 is 0.963 bits per heavy atom. The van der Waals surface area contributed by atoms with Crippen molar-refractivity contribution < 1.29 is 23.0 Å². The minimum absolute atomic E-state index is 0.0836. The van der Waals surface area contributed by atoms with E-state index in [9.17, 15) is 18.3 Å². The van der Waals surface area contributed by atoms with E-state index in [0.717, 1.165) is 22.6 Å². The lowest BCUT2D eigenvalue weighted by atomic mass is 10.2. The van der Waals surface area contributed by atoms with Crippen LogP contribution in [0.3, 0.4) is 0 Å². The Hall–Kier alpha value is -2.55. The van der Waals surface area contributed by atoms with Gasteiger partial charge in [0.2, 0.25) is 5.95 Å². The molecule has 1 saturated heterocycles. The molecule has 1 aromatic carbocycles. The first kappa shape index (κ1) is 19.2. The van der Waals surface area contributed by atoms with Crippen LogP contribution in [0, 0.1) is 13.8 Å². The zero-order valence-corrected chi connectivity index (χ0v) is 15.1. The van der Waals surface area contributed by atoms with Crippen molar-refractivity contribution in [1.82, 2.24) is 9.97 Å². The quantitative estimate of drug-likeness (QED) is 0.878. The molecule has 1 aromatic heterocycles. The molecular formula is C18H21F3N4O2. The Labute approximate surface area is 155 Å². The minimum Gasteiger partial charge on any atom is -0.406 e. The maximum absolute atomic E-state index is 12.2. The number of nitrogens with zero attached hydrogens (tertiary/aromatic N) is 4. The molecule has 1 fully saturated rings. The summed E-state index contributed by atoms with van der Waals surface area (Å²) in [5, 5.41) is 9.37. The van der Waals surface area contributed by atoms with Crippen molar-refractivity contribution in [1.29, 1.82) is 0 Å². The first-order valence-electron chi connectivity index (χ1n) is 8.57. The van der Waals surface area contributed by atoms with Crippen LogP contribution in [-0.4, -0.2) is 47.6 Å². The van der Waals surface area contributed by atoms with Crippen molar-refractivity contribution in [3.05, 3.63) is 41.2 Å². The summed E-state index contributed by atoms with van der Waals surface area (Å²) in [6.45, 7) is 6.40. The van der Waals surface area contributed by atoms with Gasteiger partial charge in [0.05, 0.1) is 6.61 Å². The molecule has 2 aromatic rings. The number of alkyl halides is 3. The van der Waals surface area contributed by atoms with Gasteiger partial charge in [-0.2, -0.15) is 0 Å². The number of benzene rings is 1. The summed E-state index contributed by atoms with van der Waals surface area (Å²) in [4.78, 5) is 13.1. The molecule has 0 atom stereocenters. The monoisotopic (exact) mass is 382 g/mol. The van der Waals surface area contributed by atoms with E-state index in [2.05, 4.69) is 24.5 Å². The predicted molar refractivity (Wildman–Crippen MR) is 95.0 cm³/mol. The lowest BCUT2D eigenvalue weighted by molar-refractivity contribution is -0.274. The average Bonchev–Trinajstić information content (AvgIpc) is 2.61. The van der Waals surface area contributed by atoms with Gasteiger partial charge in [-0.05, 0) is 38.1 Å². The smallest absolute Gasteiger partial charge is 0.406 e. The Balaban J connectivity index is 1.64. The molecule has 1 aliphatic heterocycles. The summed E-state index contributed by atoms with van der Waals surface area (Å²) in [7, 11) is 0. The zero-order chi connectivity index (χ0) is 19.6. The Bertz CT molecular complexity index is 765. The standard InChI is InChI=1S/C18H21F3N4O2/c1-12-16(11-26)13(2)23-17(22-12)25-9-7-24(8-10-25)14-3-5-15(6-4-14)27-18(19,20)21/h3-6,26H,7-11H2,1-2H3. The van der Waals surface area contributed by atoms with E-state index in [4.69, 9.17) is 0 Å². The Morgan fingerprint density at radius 3 is 1.96 bits per heavy atom. The van der Waals surface area contributed by atoms with Crippen molar-refractivity contribution in [2.24, 2.45) is 0 Å². The second-order valence-electron chi connectivity index (χ2n) is 6.35. The van der Waals surface area contributed by atoms with Crippen LogP contribution in [0.5, 0.6) is 5.75 Å². The second-order valence-corrected chi connectivity index (χ2v) is 6.35. The molecule has 146 valence electrons. The molecule has 1 aliphatic rings. The summed E-state index contributed by atoms with van der Waals surface area (Å²) in [5.41, 5.74) is 3.12. The van der Waals surface area contributed by atoms with Crippen LogP contribution in [0.1, 0.15) is 17.0 Å². The molecule has 0 radical (unpaired) electrons. The first-order valence-corrected chi connectivity index (χ1v) is 8.57. The van der Waals surface area contributed by atoms with Gasteiger partial charge in [0.15, 0.2) is 0 Å². The summed E-state index contributed by atoms with van der Waals surface area (Å²) >= 11 is 0. The van der Waals surface area contributed by atoms with Crippen molar-refractivity contribution in [3.63, 3.8) is 0 Å². The number of aromatic nitrogens is 2. The average molecular weight is 382 g/mol. The molecule has 0 aliphatic carbocycles. The lowest BCUT2D eigenvalue weighted by Gasteiger charge is -2.36. The van der Waals surface area contributed by atoms with Gasteiger partial charge in [-0.25, -0.2) is 9.97 Å². The molecule has 0 amide bonds. The molecule has 2 heterocycles. The fourth-order valence-corrected chi connectivity index (χ4v) is 3.12. The first-order chi connectivity index (χ1) is 12.8. The van der Waals surface area contributed by atoms with Gasteiger partial charge < -0.3 is 19.6 Å². The van der Waals surface area contributed by atoms with E-state index in [-0.39, 0.29) is 12.4 Å². The molecule has 0 unspecified atom stereocenters. The maximum Gasteiger partial charge on any atom is 0.573 e. The highest BCUT2D eigenvalue weighted by Gasteiger charge is 2.31. The van der Waals surface area contributed by atoms with Crippen LogP contribution in [0.4, 0.5) is 24.8 Å². The van der Waals surface area contributed by atoms with Gasteiger partial charge in [0, 0.05) is 48.8 Å². The van der Waals surface area contributed by atoms with E-state index in [1.807, 2.05) is 13.8 Å². The van der Waals surface area contributed by atoms with Crippen molar-refractivity contribution >= 4 is 11.6 Å². The number of aryl methyl sites for hydroxylation is 2. The number of aliphatic hydroxyl groups is 1. The Kier molecular flexibility index (Phi) is 5.41. The van der Waals surface area contributed by atoms with Crippen molar-refractivity contribution in [3.8, 4) is 5.75 Å². The number of rotatable bonds is 4. The van der Waals surface area contributed by atoms with E-state index in [1.54, 1.807) is 12.1 Å². The highest BCUT2D eigenvalue weighted by molar-refractivity contribution is 5.51. The van der Waals surface area contributed by atoms with Crippen LogP contribution in [0.15, 0.2) is 24.3 Å². The van der Waals surface area contributed by atoms with Gasteiger partial charge in [0.25, 0.3) is 0 Å². The van der Waals surface area contributed by atoms with Gasteiger partial charge in [-0.3, -0.25) is 0 Å². The second kappa shape index (κ2) is 7.59. The molecule has 0 saturated carbocycles.